The predicted octanol–water partition coefficient (Wildman–Crippen LogP) is 1.70. The van der Waals surface area contributed by atoms with Crippen molar-refractivity contribution in [2.24, 2.45) is 5.73 Å². The highest BCUT2D eigenvalue weighted by Gasteiger charge is 2.11. The van der Waals surface area contributed by atoms with Gasteiger partial charge in [-0.3, -0.25) is 4.79 Å². The Morgan fingerprint density at radius 3 is 2.64 bits per heavy atom. The van der Waals surface area contributed by atoms with Gasteiger partial charge in [-0.1, -0.05) is 36.4 Å². The molecule has 2 N–H and O–H groups in total. The van der Waals surface area contributed by atoms with Crippen molar-refractivity contribution in [1.82, 2.24) is 0 Å². The Kier molecular flexibility index (Phi) is 4.08. The first-order valence-corrected chi connectivity index (χ1v) is 4.67. The zero-order valence-electron chi connectivity index (χ0n) is 8.15. The van der Waals surface area contributed by atoms with E-state index in [0.717, 1.165) is 5.56 Å². The SMILES string of the molecule is C=CCC(=O)C(N)Cc1ccccc1. The summed E-state index contributed by atoms with van der Waals surface area (Å²) < 4.78 is 0. The molecular formula is C12H15NO. The maximum absolute atomic E-state index is 11.4. The van der Waals surface area contributed by atoms with Gasteiger partial charge in [0.25, 0.3) is 0 Å². The lowest BCUT2D eigenvalue weighted by atomic mass is 10.0. The minimum absolute atomic E-state index is 0.0452. The maximum atomic E-state index is 11.4. The second-order valence-corrected chi connectivity index (χ2v) is 3.26. The molecule has 1 rings (SSSR count). The molecule has 1 unspecified atom stereocenters. The van der Waals surface area contributed by atoms with Crippen molar-refractivity contribution in [2.75, 3.05) is 0 Å². The molecule has 2 heteroatoms. The minimum atomic E-state index is -0.407. The van der Waals surface area contributed by atoms with Crippen molar-refractivity contribution in [1.29, 1.82) is 0 Å². The summed E-state index contributed by atoms with van der Waals surface area (Å²) in [5.74, 6) is 0.0452. The van der Waals surface area contributed by atoms with E-state index < -0.39 is 6.04 Å². The number of rotatable bonds is 5. The lowest BCUT2D eigenvalue weighted by Gasteiger charge is -2.08. The third-order valence-corrected chi connectivity index (χ3v) is 2.06. The lowest BCUT2D eigenvalue weighted by Crippen LogP contribution is -2.32. The molecule has 1 atom stereocenters. The van der Waals surface area contributed by atoms with Crippen LogP contribution in [0.5, 0.6) is 0 Å². The first-order chi connectivity index (χ1) is 6.74. The van der Waals surface area contributed by atoms with Gasteiger partial charge < -0.3 is 5.73 Å². The molecule has 0 aromatic heterocycles. The van der Waals surface area contributed by atoms with Gasteiger partial charge in [0.2, 0.25) is 0 Å². The second kappa shape index (κ2) is 5.35. The third kappa shape index (κ3) is 3.15. The van der Waals surface area contributed by atoms with Crippen LogP contribution in [-0.2, 0) is 11.2 Å². The number of ketones is 1. The highest BCUT2D eigenvalue weighted by molar-refractivity contribution is 5.85. The van der Waals surface area contributed by atoms with Gasteiger partial charge in [-0.15, -0.1) is 6.58 Å². The van der Waals surface area contributed by atoms with E-state index in [2.05, 4.69) is 6.58 Å². The fraction of sp³-hybridized carbons (Fsp3) is 0.250. The van der Waals surface area contributed by atoms with Crippen molar-refractivity contribution >= 4 is 5.78 Å². The Morgan fingerprint density at radius 1 is 1.43 bits per heavy atom. The standard InChI is InChI=1S/C12H15NO/c1-2-6-12(14)11(13)9-10-7-4-3-5-8-10/h2-5,7-8,11H,1,6,9,13H2. The molecule has 0 radical (unpaired) electrons. The van der Waals surface area contributed by atoms with E-state index in [1.165, 1.54) is 0 Å². The molecule has 0 aliphatic carbocycles. The van der Waals surface area contributed by atoms with Crippen LogP contribution < -0.4 is 5.73 Å². The number of hydrogen-bond donors (Lipinski definition) is 1. The molecule has 14 heavy (non-hydrogen) atoms. The van der Waals surface area contributed by atoms with Crippen molar-refractivity contribution in [2.45, 2.75) is 18.9 Å². The van der Waals surface area contributed by atoms with E-state index in [1.54, 1.807) is 6.08 Å². The van der Waals surface area contributed by atoms with Crippen LogP contribution in [0, 0.1) is 0 Å². The number of carbonyl (C=O) groups is 1. The second-order valence-electron chi connectivity index (χ2n) is 3.26. The summed E-state index contributed by atoms with van der Waals surface area (Å²) in [6, 6.07) is 9.37. The molecule has 1 aromatic rings. The van der Waals surface area contributed by atoms with E-state index in [9.17, 15) is 4.79 Å². The summed E-state index contributed by atoms with van der Waals surface area (Å²) in [6.07, 6.45) is 2.55. The van der Waals surface area contributed by atoms with Gasteiger partial charge in [-0.2, -0.15) is 0 Å². The number of nitrogens with two attached hydrogens (primary N) is 1. The zero-order chi connectivity index (χ0) is 10.4. The quantitative estimate of drug-likeness (QED) is 0.716. The number of benzene rings is 1. The Hall–Kier alpha value is -1.41. The Morgan fingerprint density at radius 2 is 2.07 bits per heavy atom. The normalized spacial score (nSPS) is 12.1. The van der Waals surface area contributed by atoms with Crippen molar-refractivity contribution in [3.63, 3.8) is 0 Å². The highest BCUT2D eigenvalue weighted by Crippen LogP contribution is 2.03. The van der Waals surface area contributed by atoms with Crippen LogP contribution in [0.4, 0.5) is 0 Å². The Labute approximate surface area is 84.4 Å². The van der Waals surface area contributed by atoms with Gasteiger partial charge in [0.05, 0.1) is 6.04 Å². The summed E-state index contributed by atoms with van der Waals surface area (Å²) in [6.45, 7) is 3.51. The van der Waals surface area contributed by atoms with E-state index in [0.29, 0.717) is 12.8 Å². The van der Waals surface area contributed by atoms with Crippen molar-refractivity contribution < 1.29 is 4.79 Å². The smallest absolute Gasteiger partial charge is 0.153 e. The number of hydrogen-bond acceptors (Lipinski definition) is 2. The molecular weight excluding hydrogens is 174 g/mol. The molecule has 0 spiro atoms. The number of Topliss-reactive ketones (excluding diaryl/α,β-unsaturated/α-hetero) is 1. The Balaban J connectivity index is 2.52. The topological polar surface area (TPSA) is 43.1 Å². The largest absolute Gasteiger partial charge is 0.321 e. The molecule has 0 saturated carbocycles. The molecule has 0 aliphatic rings. The molecule has 0 amide bonds. The van der Waals surface area contributed by atoms with E-state index in [4.69, 9.17) is 5.73 Å². The van der Waals surface area contributed by atoms with Crippen LogP contribution in [0.15, 0.2) is 43.0 Å². The molecule has 74 valence electrons. The fourth-order valence-corrected chi connectivity index (χ4v) is 1.28. The van der Waals surface area contributed by atoms with Gasteiger partial charge in [0.1, 0.15) is 0 Å². The summed E-state index contributed by atoms with van der Waals surface area (Å²) in [7, 11) is 0. The average molecular weight is 189 g/mol. The monoisotopic (exact) mass is 189 g/mol. The summed E-state index contributed by atoms with van der Waals surface area (Å²) in [5.41, 5.74) is 6.83. The lowest BCUT2D eigenvalue weighted by molar-refractivity contribution is -0.119. The van der Waals surface area contributed by atoms with Crippen LogP contribution in [-0.4, -0.2) is 11.8 Å². The van der Waals surface area contributed by atoms with Gasteiger partial charge >= 0.3 is 0 Å². The molecule has 0 heterocycles. The fourth-order valence-electron chi connectivity index (χ4n) is 1.28. The van der Waals surface area contributed by atoms with Gasteiger partial charge in [-0.25, -0.2) is 0 Å². The van der Waals surface area contributed by atoms with E-state index >= 15 is 0 Å². The van der Waals surface area contributed by atoms with Gasteiger partial charge in [0.15, 0.2) is 5.78 Å². The van der Waals surface area contributed by atoms with Crippen LogP contribution >= 0.6 is 0 Å². The first-order valence-electron chi connectivity index (χ1n) is 4.67. The molecule has 1 aromatic carbocycles. The maximum Gasteiger partial charge on any atom is 0.153 e. The van der Waals surface area contributed by atoms with Crippen LogP contribution in [0.1, 0.15) is 12.0 Å². The average Bonchev–Trinajstić information content (AvgIpc) is 2.19. The summed E-state index contributed by atoms with van der Waals surface area (Å²) in [5, 5.41) is 0. The number of carbonyl (C=O) groups excluding carboxylic acids is 1. The van der Waals surface area contributed by atoms with E-state index in [1.807, 2.05) is 30.3 Å². The third-order valence-electron chi connectivity index (χ3n) is 2.06. The Bertz CT molecular complexity index is 305. The zero-order valence-corrected chi connectivity index (χ0v) is 8.15. The molecule has 0 saturated heterocycles. The van der Waals surface area contributed by atoms with Crippen LogP contribution in [0.25, 0.3) is 0 Å². The minimum Gasteiger partial charge on any atom is -0.321 e. The molecule has 0 bridgehead atoms. The van der Waals surface area contributed by atoms with Gasteiger partial charge in [0, 0.05) is 6.42 Å². The van der Waals surface area contributed by atoms with E-state index in [-0.39, 0.29) is 5.78 Å². The van der Waals surface area contributed by atoms with Crippen LogP contribution in [0.2, 0.25) is 0 Å². The predicted molar refractivity (Wildman–Crippen MR) is 57.9 cm³/mol. The highest BCUT2D eigenvalue weighted by atomic mass is 16.1. The number of allylic oxidation sites excluding steroid dienone is 1. The van der Waals surface area contributed by atoms with Gasteiger partial charge in [-0.05, 0) is 12.0 Å². The van der Waals surface area contributed by atoms with Crippen molar-refractivity contribution in [3.8, 4) is 0 Å². The summed E-state index contributed by atoms with van der Waals surface area (Å²) >= 11 is 0. The molecule has 0 aliphatic heterocycles. The van der Waals surface area contributed by atoms with Crippen LogP contribution in [0.3, 0.4) is 0 Å². The van der Waals surface area contributed by atoms with Crippen molar-refractivity contribution in [3.05, 3.63) is 48.6 Å². The summed E-state index contributed by atoms with van der Waals surface area (Å²) in [4.78, 5) is 11.4. The molecule has 2 nitrogen and oxygen atoms in total. The first kappa shape index (κ1) is 10.7. The molecule has 0 fully saturated rings.